The maximum atomic E-state index is 12.5. The molecule has 1 aliphatic rings. The molecule has 100 valence electrons. The van der Waals surface area contributed by atoms with E-state index in [0.717, 1.165) is 18.2 Å². The maximum absolute atomic E-state index is 12.5. The Labute approximate surface area is 103 Å². The molecule has 0 atom stereocenters. The summed E-state index contributed by atoms with van der Waals surface area (Å²) in [6.07, 6.45) is -4.48. The molecule has 18 heavy (non-hydrogen) atoms. The Morgan fingerprint density at radius 1 is 1.28 bits per heavy atom. The molecule has 0 bridgehead atoms. The number of nitrogens with one attached hydrogen (secondary N) is 1. The number of hydrogen-bond donors (Lipinski definition) is 1. The van der Waals surface area contributed by atoms with E-state index in [4.69, 9.17) is 0 Å². The summed E-state index contributed by atoms with van der Waals surface area (Å²) >= 11 is 0. The van der Waals surface area contributed by atoms with Gasteiger partial charge in [0.1, 0.15) is 0 Å². The van der Waals surface area contributed by atoms with Crippen molar-refractivity contribution in [2.75, 3.05) is 11.9 Å². The third kappa shape index (κ3) is 1.86. The van der Waals surface area contributed by atoms with E-state index in [2.05, 4.69) is 5.32 Å². The van der Waals surface area contributed by atoms with Gasteiger partial charge in [0.25, 0.3) is 0 Å². The molecule has 1 aliphatic heterocycles. The fourth-order valence-corrected chi connectivity index (χ4v) is 3.30. The number of rotatable bonds is 0. The van der Waals surface area contributed by atoms with Crippen molar-refractivity contribution in [2.24, 2.45) is 0 Å². The van der Waals surface area contributed by atoms with Crippen LogP contribution < -0.4 is 5.32 Å². The van der Waals surface area contributed by atoms with Crippen LogP contribution in [0.15, 0.2) is 23.1 Å². The lowest BCUT2D eigenvalue weighted by atomic mass is 10.1. The Morgan fingerprint density at radius 2 is 1.89 bits per heavy atom. The smallest absolute Gasteiger partial charge is 0.382 e. The normalized spacial score (nSPS) is 20.9. The average Bonchev–Trinajstić information content (AvgIpc) is 2.23. The highest BCUT2D eigenvalue weighted by molar-refractivity contribution is 7.93. The number of anilines is 1. The number of halogens is 3. The van der Waals surface area contributed by atoms with E-state index in [1.54, 1.807) is 0 Å². The Morgan fingerprint density at radius 3 is 2.44 bits per heavy atom. The van der Waals surface area contributed by atoms with Gasteiger partial charge in [-0.1, -0.05) is 0 Å². The van der Waals surface area contributed by atoms with Gasteiger partial charge in [0.05, 0.1) is 20.9 Å². The van der Waals surface area contributed by atoms with Crippen LogP contribution in [-0.2, 0) is 16.0 Å². The summed E-state index contributed by atoms with van der Waals surface area (Å²) < 4.78 is 60.9. The molecular weight excluding hydrogens is 267 g/mol. The second kappa shape index (κ2) is 3.63. The highest BCUT2D eigenvalue weighted by atomic mass is 32.2. The van der Waals surface area contributed by atoms with E-state index in [9.17, 15) is 21.6 Å². The quantitative estimate of drug-likeness (QED) is 0.794. The van der Waals surface area contributed by atoms with Crippen molar-refractivity contribution < 1.29 is 21.6 Å². The fraction of sp³-hybridized carbons (Fsp3) is 0.455. The summed E-state index contributed by atoms with van der Waals surface area (Å²) in [5.74, 6) is 0. The molecule has 0 saturated heterocycles. The molecule has 0 aliphatic carbocycles. The van der Waals surface area contributed by atoms with Crippen molar-refractivity contribution in [1.29, 1.82) is 0 Å². The van der Waals surface area contributed by atoms with Crippen LogP contribution in [0.2, 0.25) is 0 Å². The molecule has 1 aromatic rings. The van der Waals surface area contributed by atoms with Crippen molar-refractivity contribution in [3.05, 3.63) is 23.8 Å². The van der Waals surface area contributed by atoms with Gasteiger partial charge in [-0.2, -0.15) is 13.2 Å². The summed E-state index contributed by atoms with van der Waals surface area (Å²) in [6.45, 7) is 3.16. The Hall–Kier alpha value is -1.24. The SMILES string of the molecule is CC1(C)CNc2cc(C(F)(F)F)ccc2S1(=O)=O. The van der Waals surface area contributed by atoms with Gasteiger partial charge >= 0.3 is 6.18 Å². The summed E-state index contributed by atoms with van der Waals surface area (Å²) in [7, 11) is -3.61. The highest BCUT2D eigenvalue weighted by Crippen LogP contribution is 2.39. The largest absolute Gasteiger partial charge is 0.416 e. The van der Waals surface area contributed by atoms with Gasteiger partial charge in [-0.25, -0.2) is 8.42 Å². The van der Waals surface area contributed by atoms with E-state index in [-0.39, 0.29) is 17.1 Å². The van der Waals surface area contributed by atoms with Crippen LogP contribution in [-0.4, -0.2) is 19.7 Å². The minimum atomic E-state index is -4.48. The van der Waals surface area contributed by atoms with Crippen LogP contribution in [0.4, 0.5) is 18.9 Å². The van der Waals surface area contributed by atoms with E-state index in [1.807, 2.05) is 0 Å². The summed E-state index contributed by atoms with van der Waals surface area (Å²) in [5, 5.41) is 2.74. The first kappa shape index (κ1) is 13.2. The van der Waals surface area contributed by atoms with Crippen molar-refractivity contribution in [3.63, 3.8) is 0 Å². The van der Waals surface area contributed by atoms with Crippen LogP contribution >= 0.6 is 0 Å². The zero-order valence-corrected chi connectivity index (χ0v) is 10.6. The molecule has 0 aromatic heterocycles. The molecule has 0 spiro atoms. The molecule has 2 rings (SSSR count). The molecule has 3 nitrogen and oxygen atoms in total. The number of benzene rings is 1. The molecule has 1 heterocycles. The van der Waals surface area contributed by atoms with Crippen molar-refractivity contribution in [1.82, 2.24) is 0 Å². The van der Waals surface area contributed by atoms with Gasteiger partial charge < -0.3 is 5.32 Å². The summed E-state index contributed by atoms with van der Waals surface area (Å²) in [5.41, 5.74) is -0.840. The minimum Gasteiger partial charge on any atom is -0.382 e. The lowest BCUT2D eigenvalue weighted by Crippen LogP contribution is -2.43. The van der Waals surface area contributed by atoms with Crippen LogP contribution in [0.25, 0.3) is 0 Å². The van der Waals surface area contributed by atoms with Gasteiger partial charge in [-0.05, 0) is 32.0 Å². The topological polar surface area (TPSA) is 46.2 Å². The van der Waals surface area contributed by atoms with Gasteiger partial charge in [0, 0.05) is 6.54 Å². The van der Waals surface area contributed by atoms with Gasteiger partial charge in [-0.15, -0.1) is 0 Å². The van der Waals surface area contributed by atoms with Crippen LogP contribution in [0.1, 0.15) is 19.4 Å². The highest BCUT2D eigenvalue weighted by Gasteiger charge is 2.42. The molecule has 1 N–H and O–H groups in total. The predicted molar refractivity (Wildman–Crippen MR) is 61.2 cm³/mol. The van der Waals surface area contributed by atoms with Crippen molar-refractivity contribution in [2.45, 2.75) is 29.7 Å². The number of alkyl halides is 3. The number of hydrogen-bond acceptors (Lipinski definition) is 3. The summed E-state index contributed by atoms with van der Waals surface area (Å²) in [6, 6.07) is 2.64. The molecule has 1 aromatic carbocycles. The molecule has 7 heteroatoms. The second-order valence-corrected chi connectivity index (χ2v) is 7.38. The van der Waals surface area contributed by atoms with Gasteiger partial charge in [-0.3, -0.25) is 0 Å². The molecule has 0 fully saturated rings. The van der Waals surface area contributed by atoms with Crippen molar-refractivity contribution in [3.8, 4) is 0 Å². The standard InChI is InChI=1S/C11H12F3NO2S/c1-10(2)6-15-8-5-7(11(12,13)14)3-4-9(8)18(10,16)17/h3-5,15H,6H2,1-2H3. The monoisotopic (exact) mass is 279 g/mol. The number of fused-ring (bicyclic) bond motifs is 1. The zero-order valence-electron chi connectivity index (χ0n) is 9.80. The van der Waals surface area contributed by atoms with Crippen LogP contribution in [0, 0.1) is 0 Å². The minimum absolute atomic E-state index is 0.0177. The fourth-order valence-electron chi connectivity index (χ4n) is 1.78. The Bertz CT molecular complexity index is 591. The van der Waals surface area contributed by atoms with Crippen molar-refractivity contribution >= 4 is 15.5 Å². The summed E-state index contributed by atoms with van der Waals surface area (Å²) in [4.78, 5) is -0.0771. The molecular formula is C11H12F3NO2S. The van der Waals surface area contributed by atoms with E-state index in [1.165, 1.54) is 13.8 Å². The third-order valence-corrected chi connectivity index (χ3v) is 5.56. The first-order chi connectivity index (χ1) is 8.06. The van der Waals surface area contributed by atoms with Gasteiger partial charge in [0.15, 0.2) is 9.84 Å². The maximum Gasteiger partial charge on any atom is 0.416 e. The molecule has 0 radical (unpaired) electrons. The Kier molecular flexibility index (Phi) is 2.66. The van der Waals surface area contributed by atoms with Crippen LogP contribution in [0.5, 0.6) is 0 Å². The molecule has 0 amide bonds. The third-order valence-electron chi connectivity index (χ3n) is 3.03. The first-order valence-corrected chi connectivity index (χ1v) is 6.74. The second-order valence-electron chi connectivity index (χ2n) is 4.83. The average molecular weight is 279 g/mol. The lowest BCUT2D eigenvalue weighted by Gasteiger charge is -2.32. The van der Waals surface area contributed by atoms with E-state index in [0.29, 0.717) is 0 Å². The first-order valence-electron chi connectivity index (χ1n) is 5.25. The van der Waals surface area contributed by atoms with E-state index < -0.39 is 26.3 Å². The zero-order chi connectivity index (χ0) is 13.8. The molecule has 0 saturated carbocycles. The van der Waals surface area contributed by atoms with E-state index >= 15 is 0 Å². The lowest BCUT2D eigenvalue weighted by molar-refractivity contribution is -0.137. The Balaban J connectivity index is 2.61. The molecule has 0 unspecified atom stereocenters. The van der Waals surface area contributed by atoms with Crippen LogP contribution in [0.3, 0.4) is 0 Å². The predicted octanol–water partition coefficient (Wildman–Crippen LogP) is 2.68. The number of sulfone groups is 1. The van der Waals surface area contributed by atoms with Gasteiger partial charge in [0.2, 0.25) is 0 Å².